The van der Waals surface area contributed by atoms with Gasteiger partial charge in [-0.25, -0.2) is 0 Å². The Morgan fingerprint density at radius 3 is 2.06 bits per heavy atom. The van der Waals surface area contributed by atoms with Crippen molar-refractivity contribution >= 4 is 18.9 Å². The number of nitro benzene ring substituents is 1. The maximum Gasteiger partial charge on any atom is 0.416 e. The van der Waals surface area contributed by atoms with Crippen LogP contribution in [0.5, 0.6) is 0 Å². The third-order valence-corrected chi connectivity index (χ3v) is 4.68. The van der Waals surface area contributed by atoms with Gasteiger partial charge in [0.25, 0.3) is 5.69 Å². The van der Waals surface area contributed by atoms with E-state index in [9.17, 15) is 23.3 Å². The Labute approximate surface area is 104 Å². The van der Waals surface area contributed by atoms with Crippen LogP contribution in [0.1, 0.15) is 11.1 Å². The summed E-state index contributed by atoms with van der Waals surface area (Å²) in [7, 11) is -2.22. The van der Waals surface area contributed by atoms with Crippen LogP contribution in [0.4, 0.5) is 18.9 Å². The van der Waals surface area contributed by atoms with E-state index < -0.39 is 30.4 Å². The third kappa shape index (κ3) is 2.90. The Bertz CT molecular complexity index is 492. The third-order valence-electron chi connectivity index (χ3n) is 2.65. The van der Waals surface area contributed by atoms with Gasteiger partial charge < -0.3 is 0 Å². The van der Waals surface area contributed by atoms with E-state index in [4.69, 9.17) is 0 Å². The molecular formula is C11H14F3NO2Si. The van der Waals surface area contributed by atoms with Gasteiger partial charge in [-0.3, -0.25) is 10.1 Å². The first-order valence-electron chi connectivity index (χ1n) is 5.31. The molecule has 1 aromatic carbocycles. The van der Waals surface area contributed by atoms with E-state index in [1.165, 1.54) is 13.0 Å². The molecule has 0 aliphatic heterocycles. The molecule has 0 bridgehead atoms. The molecule has 0 heterocycles. The summed E-state index contributed by atoms with van der Waals surface area (Å²) >= 11 is 0. The number of nitrogens with zero attached hydrogens (tertiary/aromatic N) is 1. The van der Waals surface area contributed by atoms with Crippen molar-refractivity contribution in [2.24, 2.45) is 0 Å². The second-order valence-electron chi connectivity index (χ2n) is 5.19. The van der Waals surface area contributed by atoms with Crippen molar-refractivity contribution in [2.75, 3.05) is 0 Å². The van der Waals surface area contributed by atoms with Crippen molar-refractivity contribution < 1.29 is 18.1 Å². The van der Waals surface area contributed by atoms with E-state index in [1.807, 2.05) is 0 Å². The number of aryl methyl sites for hydroxylation is 1. The van der Waals surface area contributed by atoms with E-state index >= 15 is 0 Å². The number of benzene rings is 1. The highest BCUT2D eigenvalue weighted by Gasteiger charge is 2.38. The summed E-state index contributed by atoms with van der Waals surface area (Å²) in [4.78, 5) is 9.93. The Morgan fingerprint density at radius 2 is 1.72 bits per heavy atom. The molecule has 0 aliphatic carbocycles. The summed E-state index contributed by atoms with van der Waals surface area (Å²) < 4.78 is 38.9. The molecule has 0 aromatic heterocycles. The maximum atomic E-state index is 13.0. The number of hydrogen-bond acceptors (Lipinski definition) is 2. The highest BCUT2D eigenvalue weighted by Crippen LogP contribution is 2.33. The predicted molar refractivity (Wildman–Crippen MR) is 65.8 cm³/mol. The molecule has 0 N–H and O–H groups in total. The summed E-state index contributed by atoms with van der Waals surface area (Å²) in [6, 6.07) is 1.97. The molecule has 0 spiro atoms. The molecule has 0 aliphatic rings. The first kappa shape index (κ1) is 14.7. The lowest BCUT2D eigenvalue weighted by Crippen LogP contribution is -2.42. The van der Waals surface area contributed by atoms with E-state index in [0.717, 1.165) is 0 Å². The van der Waals surface area contributed by atoms with Crippen LogP contribution in [0.2, 0.25) is 19.6 Å². The predicted octanol–water partition coefficient (Wildman–Crippen LogP) is 3.47. The summed E-state index contributed by atoms with van der Waals surface area (Å²) in [6.45, 7) is 6.80. The van der Waals surface area contributed by atoms with Crippen molar-refractivity contribution in [3.8, 4) is 0 Å². The fraction of sp³-hybridized carbons (Fsp3) is 0.455. The summed E-state index contributed by atoms with van der Waals surface area (Å²) in [5.74, 6) is 0. The van der Waals surface area contributed by atoms with Crippen LogP contribution in [0.25, 0.3) is 0 Å². The lowest BCUT2D eigenvalue weighted by atomic mass is 10.1. The highest BCUT2D eigenvalue weighted by molar-refractivity contribution is 6.89. The van der Waals surface area contributed by atoms with Gasteiger partial charge in [-0.2, -0.15) is 13.2 Å². The van der Waals surface area contributed by atoms with Gasteiger partial charge in [0.15, 0.2) is 0 Å². The van der Waals surface area contributed by atoms with Gasteiger partial charge in [-0.1, -0.05) is 25.7 Å². The topological polar surface area (TPSA) is 43.1 Å². The number of rotatable bonds is 2. The monoisotopic (exact) mass is 277 g/mol. The Morgan fingerprint density at radius 1 is 1.22 bits per heavy atom. The Kier molecular flexibility index (Phi) is 3.57. The first-order valence-corrected chi connectivity index (χ1v) is 8.81. The second kappa shape index (κ2) is 4.38. The minimum absolute atomic E-state index is 0.207. The minimum atomic E-state index is -4.56. The molecule has 0 atom stereocenters. The fourth-order valence-electron chi connectivity index (χ4n) is 1.75. The molecule has 7 heteroatoms. The van der Waals surface area contributed by atoms with E-state index in [0.29, 0.717) is 6.07 Å². The summed E-state index contributed by atoms with van der Waals surface area (Å²) in [5.41, 5.74) is -1.09. The Balaban J connectivity index is 3.64. The number of hydrogen-bond donors (Lipinski definition) is 0. The number of nitro groups is 1. The molecular weight excluding hydrogens is 263 g/mol. The molecule has 0 unspecified atom stereocenters. The molecule has 3 nitrogen and oxygen atoms in total. The quantitative estimate of drug-likeness (QED) is 0.472. The molecule has 0 saturated carbocycles. The van der Waals surface area contributed by atoms with Crippen molar-refractivity contribution in [1.82, 2.24) is 0 Å². The van der Waals surface area contributed by atoms with E-state index in [-0.39, 0.29) is 10.8 Å². The molecule has 0 saturated heterocycles. The largest absolute Gasteiger partial charge is 0.416 e. The standard InChI is InChI=1S/C11H14F3NO2Si/c1-7-5-10(18(2,3)4)8(11(12,13)14)6-9(7)15(16)17/h5-6H,1-4H3. The molecule has 0 fully saturated rings. The van der Waals surface area contributed by atoms with Gasteiger partial charge in [0.2, 0.25) is 0 Å². The molecule has 18 heavy (non-hydrogen) atoms. The summed E-state index contributed by atoms with van der Waals surface area (Å²) in [5, 5.41) is 10.9. The van der Waals surface area contributed by atoms with Gasteiger partial charge in [0.1, 0.15) is 0 Å². The average molecular weight is 277 g/mol. The number of alkyl halides is 3. The lowest BCUT2D eigenvalue weighted by Gasteiger charge is -2.23. The van der Waals surface area contributed by atoms with Crippen LogP contribution in [0.3, 0.4) is 0 Å². The van der Waals surface area contributed by atoms with Crippen LogP contribution >= 0.6 is 0 Å². The van der Waals surface area contributed by atoms with Crippen LogP contribution in [-0.2, 0) is 6.18 Å². The normalized spacial score (nSPS) is 12.6. The smallest absolute Gasteiger partial charge is 0.258 e. The van der Waals surface area contributed by atoms with Gasteiger partial charge in [-0.15, -0.1) is 0 Å². The highest BCUT2D eigenvalue weighted by atomic mass is 28.3. The molecule has 1 rings (SSSR count). The lowest BCUT2D eigenvalue weighted by molar-refractivity contribution is -0.385. The van der Waals surface area contributed by atoms with Crippen LogP contribution in [0, 0.1) is 17.0 Å². The zero-order valence-electron chi connectivity index (χ0n) is 10.6. The minimum Gasteiger partial charge on any atom is -0.258 e. The SMILES string of the molecule is Cc1cc([Si](C)(C)C)c(C(F)(F)F)cc1[N+](=O)[O-]. The van der Waals surface area contributed by atoms with Crippen LogP contribution in [-0.4, -0.2) is 13.0 Å². The van der Waals surface area contributed by atoms with Gasteiger partial charge in [0, 0.05) is 11.6 Å². The van der Waals surface area contributed by atoms with E-state index in [1.54, 1.807) is 19.6 Å². The van der Waals surface area contributed by atoms with Crippen molar-refractivity contribution in [1.29, 1.82) is 0 Å². The summed E-state index contributed by atoms with van der Waals surface area (Å²) in [6.07, 6.45) is -4.56. The zero-order chi connectivity index (χ0) is 14.3. The number of halogens is 3. The fourth-order valence-corrected chi connectivity index (χ4v) is 3.42. The average Bonchev–Trinajstić information content (AvgIpc) is 2.13. The van der Waals surface area contributed by atoms with Crippen molar-refractivity contribution in [3.63, 3.8) is 0 Å². The molecule has 100 valence electrons. The van der Waals surface area contributed by atoms with Gasteiger partial charge >= 0.3 is 6.18 Å². The molecule has 1 aromatic rings. The zero-order valence-corrected chi connectivity index (χ0v) is 11.6. The second-order valence-corrected chi connectivity index (χ2v) is 10.2. The molecule has 0 amide bonds. The van der Waals surface area contributed by atoms with Gasteiger partial charge in [0.05, 0.1) is 18.6 Å². The van der Waals surface area contributed by atoms with Crippen molar-refractivity contribution in [2.45, 2.75) is 32.7 Å². The Hall–Kier alpha value is -1.37. The first-order chi connectivity index (χ1) is 7.94. The van der Waals surface area contributed by atoms with Crippen LogP contribution in [0.15, 0.2) is 12.1 Å². The van der Waals surface area contributed by atoms with Gasteiger partial charge in [-0.05, 0) is 12.1 Å². The van der Waals surface area contributed by atoms with Crippen molar-refractivity contribution in [3.05, 3.63) is 33.4 Å². The van der Waals surface area contributed by atoms with E-state index in [2.05, 4.69) is 0 Å². The van der Waals surface area contributed by atoms with Crippen LogP contribution < -0.4 is 5.19 Å². The molecule has 0 radical (unpaired) electrons. The maximum absolute atomic E-state index is 13.0.